The first kappa shape index (κ1) is 38.9. The van der Waals surface area contributed by atoms with Crippen molar-refractivity contribution in [1.82, 2.24) is 4.57 Å². The van der Waals surface area contributed by atoms with Crippen molar-refractivity contribution in [3.63, 3.8) is 0 Å². The molecule has 310 valence electrons. The maximum Gasteiger partial charge on any atom is 0.0541 e. The molecule has 0 bridgehead atoms. The quantitative estimate of drug-likeness (QED) is 0.141. The summed E-state index contributed by atoms with van der Waals surface area (Å²) in [7, 11) is 0. The van der Waals surface area contributed by atoms with Gasteiger partial charge in [0.1, 0.15) is 0 Å². The van der Waals surface area contributed by atoms with Gasteiger partial charge in [-0.1, -0.05) is 206 Å². The minimum Gasteiger partial charge on any atom is -0.310 e. The third-order valence-electron chi connectivity index (χ3n) is 13.0. The number of fused-ring (bicyclic) bond motifs is 4. The van der Waals surface area contributed by atoms with Crippen molar-refractivity contribution in [1.29, 1.82) is 0 Å². The molecule has 0 N–H and O–H groups in total. The predicted molar refractivity (Wildman–Crippen MR) is 280 cm³/mol. The molecule has 0 saturated carbocycles. The Morgan fingerprint density at radius 1 is 0.242 bits per heavy atom. The van der Waals surface area contributed by atoms with E-state index in [0.717, 1.165) is 17.1 Å². The van der Waals surface area contributed by atoms with Gasteiger partial charge in [0.2, 0.25) is 0 Å². The summed E-state index contributed by atoms with van der Waals surface area (Å²) in [6, 6.07) is 96.8. The van der Waals surface area contributed by atoms with Crippen molar-refractivity contribution in [2.24, 2.45) is 0 Å². The zero-order chi connectivity index (χ0) is 43.8. The second-order valence-corrected chi connectivity index (χ2v) is 16.9. The number of benzene rings is 11. The second-order valence-electron chi connectivity index (χ2n) is 16.9. The van der Waals surface area contributed by atoms with E-state index in [2.05, 4.69) is 276 Å². The van der Waals surface area contributed by atoms with Crippen LogP contribution in [0, 0.1) is 0 Å². The standard InChI is InChI=1S/C64H44N2/c1-2-15-45(16-3-1)52-19-14-20-56(44-52)65(55-41-37-49(38-42-55)57-21-6-7-22-58(57)53-34-31-46-17-4-5-18-51(46)43-53)54-39-35-48(36-40-54)47-29-32-50(33-30-47)59-23-8-11-26-62(59)66-63-27-12-9-24-60(63)61-25-10-13-28-64(61)66/h1-44H. The van der Waals surface area contributed by atoms with Crippen LogP contribution in [-0.2, 0) is 0 Å². The normalized spacial score (nSPS) is 11.3. The first-order valence-electron chi connectivity index (χ1n) is 22.7. The topological polar surface area (TPSA) is 8.17 Å². The van der Waals surface area contributed by atoms with Crippen LogP contribution in [0.3, 0.4) is 0 Å². The maximum absolute atomic E-state index is 2.41. The summed E-state index contributed by atoms with van der Waals surface area (Å²) in [5, 5.41) is 5.02. The molecule has 0 aliphatic heterocycles. The third-order valence-corrected chi connectivity index (χ3v) is 13.0. The largest absolute Gasteiger partial charge is 0.310 e. The fourth-order valence-corrected chi connectivity index (χ4v) is 9.78. The van der Waals surface area contributed by atoms with Gasteiger partial charge >= 0.3 is 0 Å². The lowest BCUT2D eigenvalue weighted by Gasteiger charge is -2.26. The van der Waals surface area contributed by atoms with Gasteiger partial charge in [-0.2, -0.15) is 0 Å². The van der Waals surface area contributed by atoms with Gasteiger partial charge in [0.05, 0.1) is 16.7 Å². The number of aromatic nitrogens is 1. The molecule has 0 saturated heterocycles. The number of para-hydroxylation sites is 3. The van der Waals surface area contributed by atoms with Gasteiger partial charge in [0.25, 0.3) is 0 Å². The Hall–Kier alpha value is -8.72. The first-order valence-corrected chi connectivity index (χ1v) is 22.7. The molecule has 0 unspecified atom stereocenters. The van der Waals surface area contributed by atoms with Crippen molar-refractivity contribution < 1.29 is 0 Å². The Bertz CT molecular complexity index is 3620. The van der Waals surface area contributed by atoms with Gasteiger partial charge in [0, 0.05) is 33.4 Å². The van der Waals surface area contributed by atoms with E-state index in [0.29, 0.717) is 0 Å². The molecule has 12 rings (SSSR count). The van der Waals surface area contributed by atoms with Crippen molar-refractivity contribution in [2.75, 3.05) is 4.90 Å². The molecule has 0 aliphatic carbocycles. The van der Waals surface area contributed by atoms with Gasteiger partial charge < -0.3 is 9.47 Å². The van der Waals surface area contributed by atoms with Gasteiger partial charge in [-0.25, -0.2) is 0 Å². The second kappa shape index (κ2) is 16.8. The summed E-state index contributed by atoms with van der Waals surface area (Å²) in [6.07, 6.45) is 0. The summed E-state index contributed by atoms with van der Waals surface area (Å²) < 4.78 is 2.41. The van der Waals surface area contributed by atoms with E-state index in [9.17, 15) is 0 Å². The molecule has 0 atom stereocenters. The number of anilines is 3. The van der Waals surface area contributed by atoms with E-state index >= 15 is 0 Å². The van der Waals surface area contributed by atoms with Crippen LogP contribution >= 0.6 is 0 Å². The van der Waals surface area contributed by atoms with E-state index in [-0.39, 0.29) is 0 Å². The van der Waals surface area contributed by atoms with Gasteiger partial charge in [-0.3, -0.25) is 0 Å². The number of nitrogens with zero attached hydrogens (tertiary/aromatic N) is 2. The lowest BCUT2D eigenvalue weighted by atomic mass is 9.93. The van der Waals surface area contributed by atoms with Gasteiger partial charge in [-0.05, 0) is 122 Å². The number of hydrogen-bond donors (Lipinski definition) is 0. The summed E-state index contributed by atoms with van der Waals surface area (Å²) in [4.78, 5) is 2.37. The molecule has 0 aliphatic rings. The lowest BCUT2D eigenvalue weighted by molar-refractivity contribution is 1.18. The molecule has 2 heteroatoms. The van der Waals surface area contributed by atoms with E-state index in [1.807, 2.05) is 0 Å². The highest BCUT2D eigenvalue weighted by Gasteiger charge is 2.17. The van der Waals surface area contributed by atoms with Crippen LogP contribution in [0.1, 0.15) is 0 Å². The molecule has 0 amide bonds. The zero-order valence-electron chi connectivity index (χ0n) is 36.3. The summed E-state index contributed by atoms with van der Waals surface area (Å²) in [5.41, 5.74) is 18.8. The van der Waals surface area contributed by atoms with Crippen molar-refractivity contribution in [3.8, 4) is 61.3 Å². The van der Waals surface area contributed by atoms with Crippen LogP contribution in [0.15, 0.2) is 267 Å². The Balaban J connectivity index is 0.885. The number of rotatable bonds is 9. The Labute approximate surface area is 385 Å². The molecule has 11 aromatic carbocycles. The van der Waals surface area contributed by atoms with Crippen LogP contribution in [0.5, 0.6) is 0 Å². The first-order chi connectivity index (χ1) is 32.7. The molecule has 0 fully saturated rings. The summed E-state index contributed by atoms with van der Waals surface area (Å²) in [5.74, 6) is 0. The van der Waals surface area contributed by atoms with Crippen LogP contribution in [0.2, 0.25) is 0 Å². The predicted octanol–water partition coefficient (Wildman–Crippen LogP) is 17.7. The summed E-state index contributed by atoms with van der Waals surface area (Å²) >= 11 is 0. The molecule has 0 radical (unpaired) electrons. The Kier molecular flexibility index (Phi) is 9.89. The van der Waals surface area contributed by atoms with Crippen LogP contribution < -0.4 is 4.90 Å². The van der Waals surface area contributed by atoms with E-state index in [1.165, 1.54) is 93.9 Å². The van der Waals surface area contributed by atoms with E-state index in [4.69, 9.17) is 0 Å². The molecular formula is C64H44N2. The van der Waals surface area contributed by atoms with Crippen LogP contribution in [0.25, 0.3) is 93.9 Å². The average molecular weight is 841 g/mol. The van der Waals surface area contributed by atoms with Crippen molar-refractivity contribution in [3.05, 3.63) is 267 Å². The summed E-state index contributed by atoms with van der Waals surface area (Å²) in [6.45, 7) is 0. The molecule has 1 aromatic heterocycles. The average Bonchev–Trinajstić information content (AvgIpc) is 3.74. The molecule has 12 aromatic rings. The van der Waals surface area contributed by atoms with E-state index in [1.54, 1.807) is 0 Å². The third kappa shape index (κ3) is 7.12. The maximum atomic E-state index is 2.41. The highest BCUT2D eigenvalue weighted by molar-refractivity contribution is 6.09. The monoisotopic (exact) mass is 840 g/mol. The fraction of sp³-hybridized carbons (Fsp3) is 0. The minimum atomic E-state index is 1.09. The lowest BCUT2D eigenvalue weighted by Crippen LogP contribution is -2.10. The minimum absolute atomic E-state index is 1.09. The highest BCUT2D eigenvalue weighted by Crippen LogP contribution is 2.41. The highest BCUT2D eigenvalue weighted by atomic mass is 15.1. The van der Waals surface area contributed by atoms with Gasteiger partial charge in [-0.15, -0.1) is 0 Å². The zero-order valence-corrected chi connectivity index (χ0v) is 36.3. The van der Waals surface area contributed by atoms with Crippen LogP contribution in [0.4, 0.5) is 17.1 Å². The molecule has 0 spiro atoms. The van der Waals surface area contributed by atoms with Crippen molar-refractivity contribution in [2.45, 2.75) is 0 Å². The van der Waals surface area contributed by atoms with Crippen LogP contribution in [-0.4, -0.2) is 4.57 Å². The molecule has 1 heterocycles. The SMILES string of the molecule is c1ccc(-c2cccc(N(c3ccc(-c4ccc(-c5ccccc5-n5c6ccccc6c6ccccc65)cc4)cc3)c3ccc(-c4ccccc4-c4ccc5ccccc5c4)cc3)c2)cc1. The molecule has 66 heavy (non-hydrogen) atoms. The smallest absolute Gasteiger partial charge is 0.0541 e. The fourth-order valence-electron chi connectivity index (χ4n) is 9.78. The molecular weight excluding hydrogens is 797 g/mol. The molecule has 2 nitrogen and oxygen atoms in total. The van der Waals surface area contributed by atoms with Gasteiger partial charge in [0.15, 0.2) is 0 Å². The Morgan fingerprint density at radius 3 is 1.38 bits per heavy atom. The van der Waals surface area contributed by atoms with Crippen molar-refractivity contribution >= 4 is 49.6 Å². The van der Waals surface area contributed by atoms with E-state index < -0.39 is 0 Å². The number of hydrogen-bond acceptors (Lipinski definition) is 1. The Morgan fingerprint density at radius 2 is 0.697 bits per heavy atom.